The van der Waals surface area contributed by atoms with E-state index in [1.807, 2.05) is 6.21 Å². The maximum Gasteiger partial charge on any atom is 0.161 e. The largest absolute Gasteiger partial charge is 0.346 e. The van der Waals surface area contributed by atoms with Crippen LogP contribution in [0.15, 0.2) is 27.9 Å². The van der Waals surface area contributed by atoms with Crippen LogP contribution in [0, 0.1) is 0 Å². The number of carbonyl (C=O) groups is 1. The highest BCUT2D eigenvalue weighted by Gasteiger charge is 2.42. The lowest BCUT2D eigenvalue weighted by Gasteiger charge is -2.40. The average molecular weight is 276 g/mol. The molecular weight excluding hydrogens is 256 g/mol. The molecule has 0 radical (unpaired) electrons. The topological polar surface area (TPSA) is 32.7 Å². The van der Waals surface area contributed by atoms with Crippen molar-refractivity contribution in [3.63, 3.8) is 0 Å². The zero-order valence-corrected chi connectivity index (χ0v) is 12.5. The zero-order chi connectivity index (χ0) is 13.6. The van der Waals surface area contributed by atoms with Crippen LogP contribution < -0.4 is 0 Å². The normalized spacial score (nSPS) is 30.3. The summed E-state index contributed by atoms with van der Waals surface area (Å²) in [7, 11) is 0. The summed E-state index contributed by atoms with van der Waals surface area (Å²) in [5, 5.41) is 0.301. The standard InChI is InChI=1S/C15H20N2OS/c1-9-14(10(2)18)13-7-12(19-3)8-16-15(13)17(9)11-5-4-6-11/h7-8,11-12,15H,4-6H2,1-3H3. The molecule has 2 unspecified atom stereocenters. The molecule has 0 spiro atoms. The van der Waals surface area contributed by atoms with Crippen LogP contribution in [0.1, 0.15) is 33.1 Å². The average Bonchev–Trinajstić information content (AvgIpc) is 2.60. The molecule has 0 bridgehead atoms. The van der Waals surface area contributed by atoms with Crippen LogP contribution in [0.3, 0.4) is 0 Å². The lowest BCUT2D eigenvalue weighted by molar-refractivity contribution is -0.113. The summed E-state index contributed by atoms with van der Waals surface area (Å²) >= 11 is 1.76. The summed E-state index contributed by atoms with van der Waals surface area (Å²) < 4.78 is 0. The van der Waals surface area contributed by atoms with Crippen molar-refractivity contribution in [2.75, 3.05) is 6.26 Å². The highest BCUT2D eigenvalue weighted by molar-refractivity contribution is 8.00. The van der Waals surface area contributed by atoms with Crippen LogP contribution in [-0.2, 0) is 4.79 Å². The Kier molecular flexibility index (Phi) is 3.29. The lowest BCUT2D eigenvalue weighted by Crippen LogP contribution is -2.43. The van der Waals surface area contributed by atoms with E-state index in [9.17, 15) is 4.79 Å². The third kappa shape index (κ3) is 1.97. The quantitative estimate of drug-likeness (QED) is 0.794. The third-order valence-corrected chi connectivity index (χ3v) is 5.19. The Morgan fingerprint density at radius 2 is 2.21 bits per heavy atom. The number of dihydropyridines is 1. The molecule has 3 rings (SSSR count). The summed E-state index contributed by atoms with van der Waals surface area (Å²) in [6, 6.07) is 0.577. The molecule has 102 valence electrons. The first kappa shape index (κ1) is 13.0. The molecule has 1 aliphatic carbocycles. The number of aliphatic imine (C=N–C) groups is 1. The molecule has 2 heterocycles. The van der Waals surface area contributed by atoms with E-state index >= 15 is 0 Å². The minimum Gasteiger partial charge on any atom is -0.346 e. The molecule has 0 aromatic carbocycles. The number of thioether (sulfide) groups is 1. The van der Waals surface area contributed by atoms with Crippen molar-refractivity contribution in [3.05, 3.63) is 22.9 Å². The van der Waals surface area contributed by atoms with Crippen molar-refractivity contribution < 1.29 is 4.79 Å². The lowest BCUT2D eigenvalue weighted by atomic mass is 9.91. The van der Waals surface area contributed by atoms with Gasteiger partial charge >= 0.3 is 0 Å². The summed E-state index contributed by atoms with van der Waals surface area (Å²) in [5.74, 6) is 0.174. The van der Waals surface area contributed by atoms with E-state index in [1.165, 1.54) is 19.3 Å². The van der Waals surface area contributed by atoms with Crippen LogP contribution in [-0.4, -0.2) is 40.6 Å². The molecule has 0 amide bonds. The Hall–Kier alpha value is -1.03. The van der Waals surface area contributed by atoms with Gasteiger partial charge in [0.1, 0.15) is 6.17 Å². The summed E-state index contributed by atoms with van der Waals surface area (Å²) in [6.07, 6.45) is 10.2. The van der Waals surface area contributed by atoms with E-state index in [-0.39, 0.29) is 11.9 Å². The molecule has 4 heteroatoms. The predicted molar refractivity (Wildman–Crippen MR) is 80.5 cm³/mol. The highest BCUT2D eigenvalue weighted by Crippen LogP contribution is 2.42. The van der Waals surface area contributed by atoms with E-state index in [0.717, 1.165) is 16.8 Å². The fourth-order valence-corrected chi connectivity index (χ4v) is 3.71. The minimum absolute atomic E-state index is 0.0626. The van der Waals surface area contributed by atoms with E-state index in [1.54, 1.807) is 18.7 Å². The Morgan fingerprint density at radius 1 is 1.47 bits per heavy atom. The second-order valence-corrected chi connectivity index (χ2v) is 6.52. The summed E-state index contributed by atoms with van der Waals surface area (Å²) in [6.45, 7) is 3.76. The first-order chi connectivity index (χ1) is 9.13. The number of rotatable bonds is 3. The van der Waals surface area contributed by atoms with Gasteiger partial charge in [0.15, 0.2) is 5.78 Å². The molecule has 0 saturated heterocycles. The number of fused-ring (bicyclic) bond motifs is 1. The van der Waals surface area contributed by atoms with Crippen molar-refractivity contribution >= 4 is 23.8 Å². The maximum atomic E-state index is 12.0. The molecule has 0 aromatic heterocycles. The number of nitrogens with zero attached hydrogens (tertiary/aromatic N) is 2. The first-order valence-electron chi connectivity index (χ1n) is 6.91. The Balaban J connectivity index is 2.01. The maximum absolute atomic E-state index is 12.0. The molecule has 1 saturated carbocycles. The number of hydrogen-bond donors (Lipinski definition) is 0. The van der Waals surface area contributed by atoms with E-state index in [4.69, 9.17) is 4.99 Å². The Bertz CT molecular complexity index is 502. The van der Waals surface area contributed by atoms with Gasteiger partial charge in [-0.25, -0.2) is 0 Å². The van der Waals surface area contributed by atoms with Gasteiger partial charge in [-0.15, -0.1) is 0 Å². The van der Waals surface area contributed by atoms with Gasteiger partial charge in [0.25, 0.3) is 0 Å². The van der Waals surface area contributed by atoms with Crippen LogP contribution in [0.4, 0.5) is 0 Å². The van der Waals surface area contributed by atoms with Gasteiger partial charge in [-0.05, 0) is 39.4 Å². The Morgan fingerprint density at radius 3 is 2.74 bits per heavy atom. The minimum atomic E-state index is 0.0626. The molecule has 1 fully saturated rings. The molecule has 3 aliphatic rings. The van der Waals surface area contributed by atoms with Crippen LogP contribution in [0.5, 0.6) is 0 Å². The van der Waals surface area contributed by atoms with Crippen molar-refractivity contribution in [1.29, 1.82) is 0 Å². The Labute approximate surface area is 118 Å². The third-order valence-electron chi connectivity index (χ3n) is 4.39. The van der Waals surface area contributed by atoms with E-state index < -0.39 is 0 Å². The van der Waals surface area contributed by atoms with Crippen LogP contribution in [0.25, 0.3) is 0 Å². The summed E-state index contributed by atoms with van der Waals surface area (Å²) in [5.41, 5.74) is 3.18. The number of Topliss-reactive ketones (excluding diaryl/α,β-unsaturated/α-hetero) is 1. The van der Waals surface area contributed by atoms with Crippen LogP contribution in [0.2, 0.25) is 0 Å². The SMILES string of the molecule is CSC1C=NC2C(=C1)C(C(C)=O)=C(C)N2C1CCC1. The first-order valence-corrected chi connectivity index (χ1v) is 8.20. The predicted octanol–water partition coefficient (Wildman–Crippen LogP) is 2.79. The molecule has 0 N–H and O–H groups in total. The van der Waals surface area contributed by atoms with Crippen molar-refractivity contribution in [3.8, 4) is 0 Å². The zero-order valence-electron chi connectivity index (χ0n) is 11.7. The van der Waals surface area contributed by atoms with Gasteiger partial charge < -0.3 is 4.90 Å². The van der Waals surface area contributed by atoms with Gasteiger partial charge in [0.05, 0.1) is 5.25 Å². The summed E-state index contributed by atoms with van der Waals surface area (Å²) in [4.78, 5) is 19.1. The van der Waals surface area contributed by atoms with Crippen molar-refractivity contribution in [1.82, 2.24) is 4.90 Å². The molecule has 3 nitrogen and oxygen atoms in total. The number of allylic oxidation sites excluding steroid dienone is 1. The van der Waals surface area contributed by atoms with Crippen LogP contribution >= 0.6 is 11.8 Å². The molecule has 19 heavy (non-hydrogen) atoms. The van der Waals surface area contributed by atoms with E-state index in [2.05, 4.69) is 24.2 Å². The van der Waals surface area contributed by atoms with Crippen molar-refractivity contribution in [2.24, 2.45) is 4.99 Å². The second kappa shape index (κ2) is 4.82. The second-order valence-electron chi connectivity index (χ2n) is 5.50. The van der Waals surface area contributed by atoms with Gasteiger partial charge in [0.2, 0.25) is 0 Å². The molecular formula is C15H20N2OS. The number of ketones is 1. The fourth-order valence-electron chi connectivity index (χ4n) is 3.23. The van der Waals surface area contributed by atoms with Gasteiger partial charge in [-0.1, -0.05) is 6.08 Å². The molecule has 2 atom stereocenters. The fraction of sp³-hybridized carbons (Fsp3) is 0.600. The number of carbonyl (C=O) groups excluding carboxylic acids is 1. The van der Waals surface area contributed by atoms with Crippen molar-refractivity contribution in [2.45, 2.75) is 50.6 Å². The smallest absolute Gasteiger partial charge is 0.161 e. The van der Waals surface area contributed by atoms with E-state index in [0.29, 0.717) is 11.3 Å². The van der Waals surface area contributed by atoms with Gasteiger partial charge in [-0.3, -0.25) is 9.79 Å². The monoisotopic (exact) mass is 276 g/mol. The van der Waals surface area contributed by atoms with Gasteiger partial charge in [-0.2, -0.15) is 11.8 Å². The molecule has 2 aliphatic heterocycles. The highest BCUT2D eigenvalue weighted by atomic mass is 32.2. The van der Waals surface area contributed by atoms with Gasteiger partial charge in [0, 0.05) is 29.1 Å². The number of hydrogen-bond acceptors (Lipinski definition) is 4. The molecule has 0 aromatic rings.